The predicted octanol–water partition coefficient (Wildman–Crippen LogP) is 2.45. The van der Waals surface area contributed by atoms with Gasteiger partial charge in [-0.1, -0.05) is 6.07 Å². The van der Waals surface area contributed by atoms with E-state index in [4.69, 9.17) is 10.5 Å². The molecule has 0 atom stereocenters. The van der Waals surface area contributed by atoms with Gasteiger partial charge in [0.2, 0.25) is 0 Å². The highest BCUT2D eigenvalue weighted by molar-refractivity contribution is 9.10. The lowest BCUT2D eigenvalue weighted by Gasteiger charge is -2.08. The summed E-state index contributed by atoms with van der Waals surface area (Å²) in [6.07, 6.45) is 0. The fraction of sp³-hybridized carbons (Fsp3) is 0.167. The first-order valence-corrected chi connectivity index (χ1v) is 8.85. The van der Waals surface area contributed by atoms with Crippen molar-refractivity contribution < 1.29 is 13.2 Å². The van der Waals surface area contributed by atoms with E-state index in [2.05, 4.69) is 20.7 Å². The molecule has 1 heterocycles. The van der Waals surface area contributed by atoms with Crippen LogP contribution in [0.3, 0.4) is 0 Å². The Hall–Kier alpha value is -1.09. The lowest BCUT2D eigenvalue weighted by atomic mass is 10.3. The van der Waals surface area contributed by atoms with Gasteiger partial charge in [0.1, 0.15) is 16.6 Å². The highest BCUT2D eigenvalue weighted by Crippen LogP contribution is 2.27. The largest absolute Gasteiger partial charge is 0.492 e. The number of hydrogen-bond donors (Lipinski definition) is 2. The molecule has 3 N–H and O–H groups in total. The fourth-order valence-corrected chi connectivity index (χ4v) is 4.88. The number of rotatable bonds is 6. The van der Waals surface area contributed by atoms with Gasteiger partial charge < -0.3 is 10.5 Å². The van der Waals surface area contributed by atoms with Gasteiger partial charge in [-0.2, -0.15) is 0 Å². The van der Waals surface area contributed by atoms with Crippen molar-refractivity contribution in [1.29, 1.82) is 0 Å². The maximum absolute atomic E-state index is 12.0. The maximum atomic E-state index is 12.0. The van der Waals surface area contributed by atoms with Crippen LogP contribution in [0.25, 0.3) is 0 Å². The molecule has 0 saturated carbocycles. The number of hydrogen-bond acceptors (Lipinski definition) is 5. The van der Waals surface area contributed by atoms with Gasteiger partial charge in [-0.15, -0.1) is 11.3 Å². The Morgan fingerprint density at radius 1 is 1.35 bits per heavy atom. The molecule has 0 aliphatic rings. The van der Waals surface area contributed by atoms with Crippen molar-refractivity contribution in [2.45, 2.75) is 4.21 Å². The summed E-state index contributed by atoms with van der Waals surface area (Å²) in [4.78, 5) is 0. The van der Waals surface area contributed by atoms with Crippen molar-refractivity contribution in [2.24, 2.45) is 0 Å². The quantitative estimate of drug-likeness (QED) is 0.599. The number of halogens is 1. The number of nitrogens with one attached hydrogen (secondary N) is 1. The first-order valence-electron chi connectivity index (χ1n) is 5.70. The standard InChI is InChI=1S/C12H13BrN2O3S2/c13-11-4-7-19-12(11)20(16,17)15-5-6-18-10-3-1-2-9(14)8-10/h1-4,7-8,15H,5-6,14H2. The Labute approximate surface area is 129 Å². The van der Waals surface area contributed by atoms with Gasteiger partial charge >= 0.3 is 0 Å². The highest BCUT2D eigenvalue weighted by atomic mass is 79.9. The fourth-order valence-electron chi connectivity index (χ4n) is 1.49. The number of sulfonamides is 1. The Morgan fingerprint density at radius 3 is 2.80 bits per heavy atom. The van der Waals surface area contributed by atoms with Crippen LogP contribution in [0.5, 0.6) is 5.75 Å². The molecule has 8 heteroatoms. The van der Waals surface area contributed by atoms with Gasteiger partial charge in [-0.05, 0) is 39.5 Å². The number of anilines is 1. The van der Waals surface area contributed by atoms with E-state index in [0.717, 1.165) is 11.3 Å². The smallest absolute Gasteiger partial charge is 0.251 e. The van der Waals surface area contributed by atoms with Gasteiger partial charge in [0.25, 0.3) is 10.0 Å². The number of benzene rings is 1. The van der Waals surface area contributed by atoms with Crippen LogP contribution in [0.15, 0.2) is 44.4 Å². The van der Waals surface area contributed by atoms with Crippen LogP contribution < -0.4 is 15.2 Å². The van der Waals surface area contributed by atoms with Crippen LogP contribution in [0.4, 0.5) is 5.69 Å². The lowest BCUT2D eigenvalue weighted by molar-refractivity contribution is 0.323. The summed E-state index contributed by atoms with van der Waals surface area (Å²) >= 11 is 4.36. The zero-order valence-corrected chi connectivity index (χ0v) is 13.6. The zero-order valence-electron chi connectivity index (χ0n) is 10.4. The third kappa shape index (κ3) is 3.95. The summed E-state index contributed by atoms with van der Waals surface area (Å²) in [6, 6.07) is 8.68. The molecule has 0 aliphatic carbocycles. The van der Waals surface area contributed by atoms with Gasteiger partial charge in [0.15, 0.2) is 0 Å². The van der Waals surface area contributed by atoms with Crippen LogP contribution in [-0.4, -0.2) is 21.6 Å². The minimum absolute atomic E-state index is 0.182. The van der Waals surface area contributed by atoms with Crippen molar-refractivity contribution in [3.8, 4) is 5.75 Å². The summed E-state index contributed by atoms with van der Waals surface area (Å²) < 4.78 is 32.7. The normalized spacial score (nSPS) is 11.4. The Kier molecular flexibility index (Phi) is 5.03. The molecular weight excluding hydrogens is 364 g/mol. The van der Waals surface area contributed by atoms with Crippen molar-refractivity contribution in [1.82, 2.24) is 4.72 Å². The molecule has 0 amide bonds. The second-order valence-electron chi connectivity index (χ2n) is 3.87. The van der Waals surface area contributed by atoms with Gasteiger partial charge in [-0.25, -0.2) is 13.1 Å². The minimum Gasteiger partial charge on any atom is -0.492 e. The summed E-state index contributed by atoms with van der Waals surface area (Å²) in [5.74, 6) is 0.613. The molecule has 1 aromatic carbocycles. The zero-order chi connectivity index (χ0) is 14.6. The molecule has 0 saturated heterocycles. The van der Waals surface area contributed by atoms with Crippen LogP contribution in [-0.2, 0) is 10.0 Å². The van der Waals surface area contributed by atoms with Gasteiger partial charge in [0.05, 0.1) is 0 Å². The molecule has 1 aromatic heterocycles. The van der Waals surface area contributed by atoms with Crippen LogP contribution in [0, 0.1) is 0 Å². The second kappa shape index (κ2) is 6.57. The molecule has 0 unspecified atom stereocenters. The average Bonchev–Trinajstić information content (AvgIpc) is 2.82. The third-order valence-electron chi connectivity index (χ3n) is 2.35. The van der Waals surface area contributed by atoms with E-state index in [-0.39, 0.29) is 17.4 Å². The molecule has 2 rings (SSSR count). The summed E-state index contributed by atoms with van der Waals surface area (Å²) in [6.45, 7) is 0.410. The van der Waals surface area contributed by atoms with Crippen molar-refractivity contribution in [3.05, 3.63) is 40.2 Å². The molecule has 0 radical (unpaired) electrons. The lowest BCUT2D eigenvalue weighted by Crippen LogP contribution is -2.27. The van der Waals surface area contributed by atoms with Crippen molar-refractivity contribution in [2.75, 3.05) is 18.9 Å². The van der Waals surface area contributed by atoms with Crippen LogP contribution >= 0.6 is 27.3 Å². The molecule has 0 aliphatic heterocycles. The molecule has 20 heavy (non-hydrogen) atoms. The molecule has 108 valence electrons. The Balaban J connectivity index is 1.86. The summed E-state index contributed by atoms with van der Waals surface area (Å²) in [5.41, 5.74) is 6.22. The van der Waals surface area contributed by atoms with Crippen molar-refractivity contribution in [3.63, 3.8) is 0 Å². The first kappa shape index (κ1) is 15.3. The Bertz CT molecular complexity index is 686. The minimum atomic E-state index is -3.49. The Morgan fingerprint density at radius 2 is 2.15 bits per heavy atom. The van der Waals surface area contributed by atoms with E-state index in [9.17, 15) is 8.42 Å². The molecule has 0 spiro atoms. The third-order valence-corrected chi connectivity index (χ3v) is 6.48. The first-order chi connectivity index (χ1) is 9.49. The van der Waals surface area contributed by atoms with E-state index >= 15 is 0 Å². The van der Waals surface area contributed by atoms with E-state index in [1.165, 1.54) is 0 Å². The van der Waals surface area contributed by atoms with E-state index in [0.29, 0.717) is 15.9 Å². The highest BCUT2D eigenvalue weighted by Gasteiger charge is 2.18. The SMILES string of the molecule is Nc1cccc(OCCNS(=O)(=O)c2sccc2Br)c1. The monoisotopic (exact) mass is 376 g/mol. The summed E-state index contributed by atoms with van der Waals surface area (Å²) in [5, 5.41) is 1.71. The predicted molar refractivity (Wildman–Crippen MR) is 83.6 cm³/mol. The number of nitrogens with two attached hydrogens (primary N) is 1. The second-order valence-corrected chi connectivity index (χ2v) is 7.61. The molecule has 0 bridgehead atoms. The molecule has 5 nitrogen and oxygen atoms in total. The van der Waals surface area contributed by atoms with E-state index < -0.39 is 10.0 Å². The molecule has 0 fully saturated rings. The average molecular weight is 377 g/mol. The van der Waals surface area contributed by atoms with E-state index in [1.54, 1.807) is 35.7 Å². The van der Waals surface area contributed by atoms with Crippen LogP contribution in [0.1, 0.15) is 0 Å². The molecular formula is C12H13BrN2O3S2. The van der Waals surface area contributed by atoms with E-state index in [1.807, 2.05) is 0 Å². The number of ether oxygens (including phenoxy) is 1. The number of nitrogen functional groups attached to an aromatic ring is 1. The van der Waals surface area contributed by atoms with Crippen LogP contribution in [0.2, 0.25) is 0 Å². The topological polar surface area (TPSA) is 81.4 Å². The van der Waals surface area contributed by atoms with Gasteiger partial charge in [-0.3, -0.25) is 0 Å². The number of thiophene rings is 1. The van der Waals surface area contributed by atoms with Crippen molar-refractivity contribution >= 4 is 43.0 Å². The molecule has 2 aromatic rings. The van der Waals surface area contributed by atoms with Gasteiger partial charge in [0, 0.05) is 22.8 Å². The summed E-state index contributed by atoms with van der Waals surface area (Å²) in [7, 11) is -3.49. The maximum Gasteiger partial charge on any atom is 0.251 e.